The van der Waals surface area contributed by atoms with E-state index in [1.807, 2.05) is 48.5 Å². The molecule has 50 heavy (non-hydrogen) atoms. The van der Waals surface area contributed by atoms with Gasteiger partial charge in [0, 0.05) is 18.4 Å². The van der Waals surface area contributed by atoms with Crippen molar-refractivity contribution in [2.75, 3.05) is 25.2 Å². The van der Waals surface area contributed by atoms with E-state index >= 15 is 0 Å². The number of aromatic nitrogens is 1. The van der Waals surface area contributed by atoms with E-state index in [4.69, 9.17) is 18.9 Å². The van der Waals surface area contributed by atoms with E-state index in [2.05, 4.69) is 22.4 Å². The lowest BCUT2D eigenvalue weighted by Crippen LogP contribution is -2.10. The van der Waals surface area contributed by atoms with Crippen molar-refractivity contribution in [1.82, 2.24) is 4.98 Å². The van der Waals surface area contributed by atoms with Gasteiger partial charge in [-0.05, 0) is 78.2 Å². The van der Waals surface area contributed by atoms with E-state index in [0.29, 0.717) is 59.4 Å². The Kier molecular flexibility index (Phi) is 13.1. The van der Waals surface area contributed by atoms with Crippen LogP contribution in [0.1, 0.15) is 72.2 Å². The van der Waals surface area contributed by atoms with Crippen LogP contribution in [0, 0.1) is 0 Å². The van der Waals surface area contributed by atoms with Crippen LogP contribution in [0.2, 0.25) is 0 Å². The van der Waals surface area contributed by atoms with E-state index in [0.717, 1.165) is 40.6 Å². The number of anilines is 1. The lowest BCUT2D eigenvalue weighted by atomic mass is 10.0. The molecule has 0 unspecified atom stereocenters. The summed E-state index contributed by atoms with van der Waals surface area (Å²) in [5.74, 6) is -0.253. The molecule has 0 radical (unpaired) electrons. The van der Waals surface area contributed by atoms with Gasteiger partial charge in [0.25, 0.3) is 0 Å². The van der Waals surface area contributed by atoms with Gasteiger partial charge in [-0.3, -0.25) is 10.2 Å². The highest BCUT2D eigenvalue weighted by Crippen LogP contribution is 2.29. The number of carbonyl (C=O) groups excluding carboxylic acids is 3. The van der Waals surface area contributed by atoms with Crippen LogP contribution in [0.25, 0.3) is 21.3 Å². The monoisotopic (exact) mass is 693 g/mol. The zero-order valence-electron chi connectivity index (χ0n) is 28.1. The summed E-state index contributed by atoms with van der Waals surface area (Å²) in [5, 5.41) is 5.03. The zero-order valence-corrected chi connectivity index (χ0v) is 28.9. The first-order chi connectivity index (χ1) is 24.4. The maximum Gasteiger partial charge on any atom is 0.343 e. The first-order valence-corrected chi connectivity index (χ1v) is 17.4. The molecular formula is C39H39N3O7S. The van der Waals surface area contributed by atoms with Crippen molar-refractivity contribution in [1.29, 1.82) is 0 Å². The maximum atomic E-state index is 13.2. The Bertz CT molecular complexity index is 1890. The van der Waals surface area contributed by atoms with E-state index < -0.39 is 5.97 Å². The minimum Gasteiger partial charge on any atom is -0.493 e. The summed E-state index contributed by atoms with van der Waals surface area (Å²) in [5.41, 5.74) is 6.91. The average Bonchev–Trinajstić information content (AvgIpc) is 3.57. The number of thiazole rings is 1. The molecule has 1 aromatic heterocycles. The number of nitrogens with one attached hydrogen (secondary N) is 1. The lowest BCUT2D eigenvalue weighted by molar-refractivity contribution is -0.143. The van der Waals surface area contributed by atoms with E-state index in [-0.39, 0.29) is 18.5 Å². The molecule has 1 N–H and O–H groups in total. The Morgan fingerprint density at radius 1 is 0.780 bits per heavy atom. The van der Waals surface area contributed by atoms with Gasteiger partial charge in [-0.15, -0.1) is 0 Å². The predicted molar refractivity (Wildman–Crippen MR) is 195 cm³/mol. The number of hydrogen-bond acceptors (Lipinski definition) is 11. The summed E-state index contributed by atoms with van der Waals surface area (Å²) in [7, 11) is 0. The Morgan fingerprint density at radius 2 is 1.50 bits per heavy atom. The quantitative estimate of drug-likeness (QED) is 0.0335. The van der Waals surface area contributed by atoms with Gasteiger partial charge < -0.3 is 18.9 Å². The molecule has 0 aliphatic carbocycles. The minimum absolute atomic E-state index is 0.243. The molecule has 0 aliphatic heterocycles. The molecule has 0 fully saturated rings. The van der Waals surface area contributed by atoms with Gasteiger partial charge in [0.05, 0.1) is 47.4 Å². The van der Waals surface area contributed by atoms with Crippen molar-refractivity contribution in [3.63, 3.8) is 0 Å². The fourth-order valence-corrected chi connectivity index (χ4v) is 5.60. The molecule has 258 valence electrons. The molecule has 10 nitrogen and oxygen atoms in total. The van der Waals surface area contributed by atoms with Crippen LogP contribution in [0.4, 0.5) is 5.13 Å². The molecule has 4 aromatic carbocycles. The van der Waals surface area contributed by atoms with Crippen molar-refractivity contribution >= 4 is 50.8 Å². The number of hydrogen-bond donors (Lipinski definition) is 1. The number of fused-ring (bicyclic) bond motifs is 1. The fraction of sp³-hybridized carbons (Fsp3) is 0.256. The standard InChI is InChI=1S/C39H39N3O7S/c1-3-5-8-22-48-37(44)28-14-12-27(13-15-28)30-18-21-34(31(25-30)26-40-42-39-41-33-10-6-7-11-35(33)50-39)49-38(45)29-16-19-32(20-17-29)46-23-9-24-47-36(43)4-2/h6-7,10-21,25-26H,3-5,8-9,22-24H2,1-2H3,(H,41,42)/b40-26+. The van der Waals surface area contributed by atoms with Crippen LogP contribution >= 0.6 is 11.3 Å². The molecule has 0 atom stereocenters. The predicted octanol–water partition coefficient (Wildman–Crippen LogP) is 8.70. The third-order valence-corrected chi connectivity index (χ3v) is 8.45. The van der Waals surface area contributed by atoms with Crippen molar-refractivity contribution in [3.8, 4) is 22.6 Å². The fourth-order valence-electron chi connectivity index (χ4n) is 4.78. The summed E-state index contributed by atoms with van der Waals surface area (Å²) >= 11 is 1.48. The molecule has 0 aliphatic rings. The molecule has 11 heteroatoms. The summed E-state index contributed by atoms with van der Waals surface area (Å²) in [6.45, 7) is 4.90. The lowest BCUT2D eigenvalue weighted by Gasteiger charge is -2.11. The van der Waals surface area contributed by atoms with Crippen molar-refractivity contribution in [2.45, 2.75) is 46.0 Å². The van der Waals surface area contributed by atoms with Gasteiger partial charge in [-0.1, -0.05) is 68.4 Å². The van der Waals surface area contributed by atoms with Crippen LogP contribution in [-0.2, 0) is 14.3 Å². The van der Waals surface area contributed by atoms with Crippen LogP contribution in [0.5, 0.6) is 11.5 Å². The van der Waals surface area contributed by atoms with E-state index in [1.54, 1.807) is 55.6 Å². The van der Waals surface area contributed by atoms with Crippen LogP contribution < -0.4 is 14.9 Å². The Morgan fingerprint density at radius 3 is 2.26 bits per heavy atom. The number of esters is 3. The highest BCUT2D eigenvalue weighted by atomic mass is 32.1. The van der Waals surface area contributed by atoms with Crippen LogP contribution in [0.15, 0.2) is 96.1 Å². The highest BCUT2D eigenvalue weighted by molar-refractivity contribution is 7.22. The molecule has 0 amide bonds. The van der Waals surface area contributed by atoms with Gasteiger partial charge in [0.1, 0.15) is 11.5 Å². The maximum absolute atomic E-state index is 13.2. The molecular weight excluding hydrogens is 655 g/mol. The molecule has 1 heterocycles. The van der Waals surface area contributed by atoms with Gasteiger partial charge >= 0.3 is 17.9 Å². The molecule has 0 bridgehead atoms. The third-order valence-electron chi connectivity index (χ3n) is 7.50. The second kappa shape index (κ2) is 18.3. The van der Waals surface area contributed by atoms with Gasteiger partial charge in [0.2, 0.25) is 5.13 Å². The number of rotatable bonds is 17. The van der Waals surface area contributed by atoms with E-state index in [9.17, 15) is 14.4 Å². The van der Waals surface area contributed by atoms with Gasteiger partial charge in [0.15, 0.2) is 0 Å². The molecule has 5 aromatic rings. The molecule has 0 saturated heterocycles. The molecule has 0 spiro atoms. The van der Waals surface area contributed by atoms with Gasteiger partial charge in [-0.2, -0.15) is 5.10 Å². The van der Waals surface area contributed by atoms with Crippen LogP contribution in [-0.4, -0.2) is 48.9 Å². The number of nitrogens with zero attached hydrogens (tertiary/aromatic N) is 2. The summed E-state index contributed by atoms with van der Waals surface area (Å²) in [6, 6.07) is 27.0. The Labute approximate surface area is 295 Å². The summed E-state index contributed by atoms with van der Waals surface area (Å²) < 4.78 is 23.0. The number of para-hydroxylation sites is 1. The Hall–Kier alpha value is -5.55. The highest BCUT2D eigenvalue weighted by Gasteiger charge is 2.14. The average molecular weight is 694 g/mol. The van der Waals surface area contributed by atoms with Crippen molar-refractivity contribution < 1.29 is 33.3 Å². The summed E-state index contributed by atoms with van der Waals surface area (Å²) in [4.78, 5) is 41.5. The number of unbranched alkanes of at least 4 members (excludes halogenated alkanes) is 2. The summed E-state index contributed by atoms with van der Waals surface area (Å²) in [6.07, 6.45) is 5.38. The number of ether oxygens (including phenoxy) is 4. The number of carbonyl (C=O) groups is 3. The zero-order chi connectivity index (χ0) is 35.1. The molecule has 5 rings (SSSR count). The smallest absolute Gasteiger partial charge is 0.343 e. The normalized spacial score (nSPS) is 11.0. The largest absolute Gasteiger partial charge is 0.493 e. The van der Waals surface area contributed by atoms with Crippen molar-refractivity contribution in [2.24, 2.45) is 5.10 Å². The van der Waals surface area contributed by atoms with E-state index in [1.165, 1.54) is 11.3 Å². The topological polar surface area (TPSA) is 125 Å². The van der Waals surface area contributed by atoms with Gasteiger partial charge in [-0.25, -0.2) is 14.6 Å². The minimum atomic E-state index is -0.550. The van der Waals surface area contributed by atoms with Crippen molar-refractivity contribution in [3.05, 3.63) is 108 Å². The Balaban J connectivity index is 1.29. The first-order valence-electron chi connectivity index (χ1n) is 16.6. The first kappa shape index (κ1) is 35.7. The third kappa shape index (κ3) is 10.2. The molecule has 0 saturated carbocycles. The van der Waals surface area contributed by atoms with Crippen LogP contribution in [0.3, 0.4) is 0 Å². The second-order valence-electron chi connectivity index (χ2n) is 11.2. The second-order valence-corrected chi connectivity index (χ2v) is 12.3. The SMILES string of the molecule is CCCCCOC(=O)c1ccc(-c2ccc(OC(=O)c3ccc(OCCCOC(=O)CC)cc3)c(/C=N/Nc3nc4ccccc4s3)c2)cc1. The number of benzene rings is 4. The number of hydrazone groups is 1.